The summed E-state index contributed by atoms with van der Waals surface area (Å²) in [4.78, 5) is 26.6. The maximum atomic E-state index is 15.4. The third-order valence-corrected chi connectivity index (χ3v) is 7.52. The zero-order valence-electron chi connectivity index (χ0n) is 20.6. The second kappa shape index (κ2) is 10.6. The minimum Gasteiger partial charge on any atom is -0.497 e. The van der Waals surface area contributed by atoms with Crippen molar-refractivity contribution in [3.8, 4) is 17.2 Å². The first-order chi connectivity index (χ1) is 17.2. The van der Waals surface area contributed by atoms with Crippen LogP contribution in [0.3, 0.4) is 0 Å². The lowest BCUT2D eigenvalue weighted by Gasteiger charge is -2.25. The zero-order chi connectivity index (χ0) is 25.9. The number of thioether (sulfide) groups is 1. The molecule has 1 atom stereocenters. The van der Waals surface area contributed by atoms with Gasteiger partial charge in [0.1, 0.15) is 16.2 Å². The van der Waals surface area contributed by atoms with Gasteiger partial charge < -0.3 is 19.5 Å². The minimum absolute atomic E-state index is 0.0561. The predicted molar refractivity (Wildman–Crippen MR) is 137 cm³/mol. The summed E-state index contributed by atoms with van der Waals surface area (Å²) >= 11 is 1.25. The SMILES string of the molecule is COc1ccc(Cc2ccc(C)c(F)c2OC(=O)C2(Sc3ccc(C)cc3)CNC(=O)C2)c(OC)c1. The Balaban J connectivity index is 1.67. The molecule has 1 heterocycles. The van der Waals surface area contributed by atoms with Crippen molar-refractivity contribution >= 4 is 23.6 Å². The van der Waals surface area contributed by atoms with Crippen LogP contribution < -0.4 is 19.5 Å². The number of rotatable bonds is 8. The van der Waals surface area contributed by atoms with Crippen LogP contribution in [0.5, 0.6) is 17.2 Å². The van der Waals surface area contributed by atoms with Crippen LogP contribution in [0.2, 0.25) is 0 Å². The summed E-state index contributed by atoms with van der Waals surface area (Å²) < 4.78 is 30.7. The van der Waals surface area contributed by atoms with Crippen LogP contribution in [-0.4, -0.2) is 37.4 Å². The van der Waals surface area contributed by atoms with Gasteiger partial charge in [-0.3, -0.25) is 9.59 Å². The number of ether oxygens (including phenoxy) is 3. The maximum absolute atomic E-state index is 15.4. The molecule has 1 saturated heterocycles. The lowest BCUT2D eigenvalue weighted by atomic mass is 10.0. The summed E-state index contributed by atoms with van der Waals surface area (Å²) in [6, 6.07) is 16.4. The third-order valence-electron chi connectivity index (χ3n) is 6.17. The molecule has 1 fully saturated rings. The van der Waals surface area contributed by atoms with Crippen LogP contribution in [0.15, 0.2) is 59.5 Å². The van der Waals surface area contributed by atoms with Gasteiger partial charge in [0.05, 0.1) is 20.6 Å². The van der Waals surface area contributed by atoms with Gasteiger partial charge in [0, 0.05) is 29.5 Å². The first kappa shape index (κ1) is 25.6. The van der Waals surface area contributed by atoms with Crippen molar-refractivity contribution in [1.82, 2.24) is 5.32 Å². The van der Waals surface area contributed by atoms with Gasteiger partial charge in [-0.25, -0.2) is 4.39 Å². The van der Waals surface area contributed by atoms with E-state index < -0.39 is 16.5 Å². The fourth-order valence-corrected chi connectivity index (χ4v) is 5.24. The number of hydrogen-bond donors (Lipinski definition) is 1. The fraction of sp³-hybridized carbons (Fsp3) is 0.286. The Bertz CT molecular complexity index is 1290. The first-order valence-electron chi connectivity index (χ1n) is 11.5. The molecule has 8 heteroatoms. The van der Waals surface area contributed by atoms with Gasteiger partial charge in [-0.2, -0.15) is 0 Å². The highest BCUT2D eigenvalue weighted by atomic mass is 32.2. The van der Waals surface area contributed by atoms with Gasteiger partial charge in [0.25, 0.3) is 0 Å². The quantitative estimate of drug-likeness (QED) is 0.340. The molecule has 0 spiro atoms. The number of aryl methyl sites for hydroxylation is 2. The molecule has 3 aromatic carbocycles. The van der Waals surface area contributed by atoms with Crippen molar-refractivity contribution in [3.05, 3.63) is 82.7 Å². The number of hydrogen-bond acceptors (Lipinski definition) is 6. The highest BCUT2D eigenvalue weighted by molar-refractivity contribution is 8.01. The molecule has 1 amide bonds. The van der Waals surface area contributed by atoms with Crippen molar-refractivity contribution < 1.29 is 28.2 Å². The Hall–Kier alpha value is -3.52. The lowest BCUT2D eigenvalue weighted by molar-refractivity contribution is -0.137. The number of esters is 1. The van der Waals surface area contributed by atoms with E-state index >= 15 is 4.39 Å². The van der Waals surface area contributed by atoms with Crippen molar-refractivity contribution in [2.24, 2.45) is 0 Å². The molecule has 36 heavy (non-hydrogen) atoms. The average molecular weight is 510 g/mol. The van der Waals surface area contributed by atoms with E-state index in [1.165, 1.54) is 11.8 Å². The van der Waals surface area contributed by atoms with Crippen LogP contribution in [0, 0.1) is 19.7 Å². The summed E-state index contributed by atoms with van der Waals surface area (Å²) in [6.45, 7) is 3.68. The molecule has 188 valence electrons. The molecule has 1 unspecified atom stereocenters. The van der Waals surface area contributed by atoms with E-state index in [0.717, 1.165) is 16.0 Å². The minimum atomic E-state index is -1.21. The van der Waals surface area contributed by atoms with Gasteiger partial charge in [-0.15, -0.1) is 11.8 Å². The molecular formula is C28H28FNO5S. The topological polar surface area (TPSA) is 73.9 Å². The molecule has 1 aliphatic heterocycles. The lowest BCUT2D eigenvalue weighted by Crippen LogP contribution is -2.41. The summed E-state index contributed by atoms with van der Waals surface area (Å²) in [7, 11) is 3.11. The Labute approximate surface area is 214 Å². The third kappa shape index (κ3) is 5.33. The Morgan fingerprint density at radius 3 is 2.39 bits per heavy atom. The van der Waals surface area contributed by atoms with Crippen LogP contribution in [0.4, 0.5) is 4.39 Å². The molecule has 0 aliphatic carbocycles. The van der Waals surface area contributed by atoms with Crippen molar-refractivity contribution in [3.63, 3.8) is 0 Å². The Morgan fingerprint density at radius 1 is 1.03 bits per heavy atom. The number of halogens is 1. The molecule has 0 radical (unpaired) electrons. The van der Waals surface area contributed by atoms with Gasteiger partial charge in [0.2, 0.25) is 5.91 Å². The van der Waals surface area contributed by atoms with Gasteiger partial charge in [-0.1, -0.05) is 35.9 Å². The first-order valence-corrected chi connectivity index (χ1v) is 12.3. The molecule has 3 aromatic rings. The van der Waals surface area contributed by atoms with E-state index in [-0.39, 0.29) is 31.0 Å². The molecule has 4 rings (SSSR count). The van der Waals surface area contributed by atoms with Crippen LogP contribution in [0.1, 0.15) is 28.7 Å². The number of nitrogens with one attached hydrogen (secondary N) is 1. The van der Waals surface area contributed by atoms with E-state index in [1.54, 1.807) is 45.4 Å². The summed E-state index contributed by atoms with van der Waals surface area (Å²) in [6.07, 6.45) is 0.210. The van der Waals surface area contributed by atoms with Gasteiger partial charge >= 0.3 is 5.97 Å². The zero-order valence-corrected chi connectivity index (χ0v) is 21.5. The fourth-order valence-electron chi connectivity index (χ4n) is 4.05. The number of carbonyl (C=O) groups excluding carboxylic acids is 2. The molecule has 1 N–H and O–H groups in total. The van der Waals surface area contributed by atoms with Gasteiger partial charge in [-0.05, 0) is 43.2 Å². The number of carbonyl (C=O) groups is 2. The highest BCUT2D eigenvalue weighted by Crippen LogP contribution is 2.41. The molecule has 6 nitrogen and oxygen atoms in total. The molecular weight excluding hydrogens is 481 g/mol. The van der Waals surface area contributed by atoms with Crippen molar-refractivity contribution in [2.75, 3.05) is 20.8 Å². The standard InChI is InChI=1S/C28H28FNO5S/c1-17-5-11-22(12-6-17)36-28(15-24(31)30-16-28)27(32)35-26-20(8-7-18(2)25(26)29)13-19-9-10-21(33-3)14-23(19)34-4/h5-12,14H,13,15-16H2,1-4H3,(H,30,31). The Kier molecular flexibility index (Phi) is 7.54. The molecule has 0 aromatic heterocycles. The second-order valence-corrected chi connectivity index (χ2v) is 10.2. The van der Waals surface area contributed by atoms with Crippen LogP contribution in [0.25, 0.3) is 0 Å². The highest BCUT2D eigenvalue weighted by Gasteiger charge is 2.48. The van der Waals surface area contributed by atoms with Crippen molar-refractivity contribution in [2.45, 2.75) is 36.3 Å². The number of benzene rings is 3. The molecule has 0 bridgehead atoms. The second-order valence-electron chi connectivity index (χ2n) is 8.79. The van der Waals surface area contributed by atoms with Crippen LogP contribution in [-0.2, 0) is 16.0 Å². The van der Waals surface area contributed by atoms with E-state index in [4.69, 9.17) is 14.2 Å². The van der Waals surface area contributed by atoms with Crippen molar-refractivity contribution in [1.29, 1.82) is 0 Å². The summed E-state index contributed by atoms with van der Waals surface area (Å²) in [5, 5.41) is 2.73. The Morgan fingerprint density at radius 2 is 1.75 bits per heavy atom. The van der Waals surface area contributed by atoms with E-state index in [2.05, 4.69) is 5.32 Å². The maximum Gasteiger partial charge on any atom is 0.330 e. The average Bonchev–Trinajstić information content (AvgIpc) is 3.26. The summed E-state index contributed by atoms with van der Waals surface area (Å²) in [5.41, 5.74) is 2.70. The predicted octanol–water partition coefficient (Wildman–Crippen LogP) is 5.01. The largest absolute Gasteiger partial charge is 0.497 e. The van der Waals surface area contributed by atoms with E-state index in [0.29, 0.717) is 22.6 Å². The van der Waals surface area contributed by atoms with E-state index in [9.17, 15) is 9.59 Å². The molecule has 0 saturated carbocycles. The van der Waals surface area contributed by atoms with Crippen LogP contribution >= 0.6 is 11.8 Å². The number of methoxy groups -OCH3 is 2. The molecule has 1 aliphatic rings. The summed E-state index contributed by atoms with van der Waals surface area (Å²) in [5.74, 6) is -0.462. The van der Waals surface area contributed by atoms with E-state index in [1.807, 2.05) is 37.3 Å². The number of amides is 1. The monoisotopic (exact) mass is 509 g/mol. The smallest absolute Gasteiger partial charge is 0.330 e. The van der Waals surface area contributed by atoms with Gasteiger partial charge in [0.15, 0.2) is 11.6 Å². The normalized spacial score (nSPS) is 17.0.